The van der Waals surface area contributed by atoms with Crippen molar-refractivity contribution in [1.29, 1.82) is 0 Å². The number of imide groups is 1. The third-order valence-corrected chi connectivity index (χ3v) is 3.67. The summed E-state index contributed by atoms with van der Waals surface area (Å²) in [4.78, 5) is 38.7. The number of carbonyl (C=O) groups is 3. The van der Waals surface area contributed by atoms with Crippen LogP contribution < -0.4 is 16.0 Å². The molecular weight excluding hydrogens is 298 g/mol. The highest BCUT2D eigenvalue weighted by Gasteiger charge is 2.31. The lowest BCUT2D eigenvalue weighted by atomic mass is 10.2. The Morgan fingerprint density at radius 3 is 2.83 bits per heavy atom. The number of amides is 4. The molecule has 0 bridgehead atoms. The van der Waals surface area contributed by atoms with E-state index in [0.29, 0.717) is 0 Å². The van der Waals surface area contributed by atoms with Gasteiger partial charge in [0.25, 0.3) is 5.91 Å². The first-order valence-corrected chi connectivity index (χ1v) is 7.25. The summed E-state index contributed by atoms with van der Waals surface area (Å²) in [6, 6.07) is 2.64. The highest BCUT2D eigenvalue weighted by atomic mass is 16.2. The van der Waals surface area contributed by atoms with Gasteiger partial charge in [0.2, 0.25) is 5.91 Å². The summed E-state index contributed by atoms with van der Waals surface area (Å²) >= 11 is 0. The maximum Gasteiger partial charge on any atom is 0.322 e. The topological polar surface area (TPSA) is 105 Å². The van der Waals surface area contributed by atoms with Crippen LogP contribution in [-0.2, 0) is 16.1 Å². The lowest BCUT2D eigenvalue weighted by Gasteiger charge is -2.07. The molecule has 2 aromatic heterocycles. The molecule has 1 atom stereocenters. The molecule has 8 nitrogen and oxygen atoms in total. The van der Waals surface area contributed by atoms with Crippen molar-refractivity contribution in [2.45, 2.75) is 32.9 Å². The molecule has 3 rings (SSSR count). The molecule has 1 aliphatic heterocycles. The number of nitrogens with one attached hydrogen (secondary N) is 3. The van der Waals surface area contributed by atoms with Crippen molar-refractivity contribution in [3.8, 4) is 0 Å². The number of hydrogen-bond acceptors (Lipinski definition) is 4. The van der Waals surface area contributed by atoms with Gasteiger partial charge in [0.1, 0.15) is 11.7 Å². The number of aromatic nitrogens is 2. The Morgan fingerprint density at radius 2 is 2.13 bits per heavy atom. The number of fused-ring (bicyclic) bond motifs is 1. The second-order valence-corrected chi connectivity index (χ2v) is 5.63. The van der Waals surface area contributed by atoms with Crippen molar-refractivity contribution in [1.82, 2.24) is 25.3 Å². The average molecular weight is 315 g/mol. The summed E-state index contributed by atoms with van der Waals surface area (Å²) in [7, 11) is 0. The van der Waals surface area contributed by atoms with Gasteiger partial charge in [-0.1, -0.05) is 0 Å². The van der Waals surface area contributed by atoms with Crippen molar-refractivity contribution in [3.05, 3.63) is 35.3 Å². The predicted molar refractivity (Wildman–Crippen MR) is 81.6 cm³/mol. The Bertz CT molecular complexity index is 811. The number of urea groups is 1. The molecule has 3 heterocycles. The van der Waals surface area contributed by atoms with Gasteiger partial charge >= 0.3 is 6.03 Å². The first-order chi connectivity index (χ1) is 10.9. The van der Waals surface area contributed by atoms with Gasteiger partial charge < -0.3 is 15.0 Å². The lowest BCUT2D eigenvalue weighted by molar-refractivity contribution is -0.126. The fourth-order valence-corrected chi connectivity index (χ4v) is 2.61. The van der Waals surface area contributed by atoms with Gasteiger partial charge in [0.15, 0.2) is 0 Å². The molecule has 0 saturated carbocycles. The van der Waals surface area contributed by atoms with Crippen LogP contribution in [0.25, 0.3) is 5.65 Å². The van der Waals surface area contributed by atoms with E-state index in [2.05, 4.69) is 27.0 Å². The molecule has 120 valence electrons. The Labute approximate surface area is 132 Å². The monoisotopic (exact) mass is 315 g/mol. The summed E-state index contributed by atoms with van der Waals surface area (Å²) < 4.78 is 1.96. The molecule has 0 aliphatic carbocycles. The molecule has 23 heavy (non-hydrogen) atoms. The van der Waals surface area contributed by atoms with Crippen LogP contribution in [0.5, 0.6) is 0 Å². The minimum Gasteiger partial charge on any atom is -0.350 e. The van der Waals surface area contributed by atoms with Crippen LogP contribution in [0.3, 0.4) is 0 Å². The van der Waals surface area contributed by atoms with E-state index in [1.54, 1.807) is 0 Å². The molecule has 3 N–H and O–H groups in total. The van der Waals surface area contributed by atoms with Crippen LogP contribution in [0.1, 0.15) is 23.4 Å². The van der Waals surface area contributed by atoms with E-state index in [9.17, 15) is 14.4 Å². The van der Waals surface area contributed by atoms with Crippen molar-refractivity contribution in [3.63, 3.8) is 0 Å². The second-order valence-electron chi connectivity index (χ2n) is 5.63. The van der Waals surface area contributed by atoms with Crippen LogP contribution >= 0.6 is 0 Å². The molecule has 0 unspecified atom stereocenters. The Morgan fingerprint density at radius 1 is 1.35 bits per heavy atom. The van der Waals surface area contributed by atoms with Gasteiger partial charge in [-0.2, -0.15) is 0 Å². The Balaban J connectivity index is 1.62. The number of pyridine rings is 1. The summed E-state index contributed by atoms with van der Waals surface area (Å²) in [5.41, 5.74) is 3.75. The summed E-state index contributed by atoms with van der Waals surface area (Å²) in [6.07, 6.45) is 1.78. The number of carbonyl (C=O) groups excluding carboxylic acids is 3. The van der Waals surface area contributed by atoms with Gasteiger partial charge in [-0.15, -0.1) is 0 Å². The normalized spacial score (nSPS) is 17.2. The zero-order valence-corrected chi connectivity index (χ0v) is 12.8. The molecule has 1 aliphatic rings. The minimum absolute atomic E-state index is 0.0942. The van der Waals surface area contributed by atoms with E-state index in [1.165, 1.54) is 0 Å². The van der Waals surface area contributed by atoms with Gasteiger partial charge in [-0.3, -0.25) is 14.9 Å². The zero-order chi connectivity index (χ0) is 16.6. The number of imidazole rings is 1. The standard InChI is InChI=1S/C15H17N5O3/c1-8-3-9(2)20-7-10(17-12(20)4-8)6-16-13(21)5-11-14(22)19-15(23)18-11/h3-4,7,11H,5-6H2,1-2H3,(H,16,21)(H2,18,19,22,23)/t11-/m0/s1. The van der Waals surface area contributed by atoms with E-state index in [-0.39, 0.29) is 18.9 Å². The number of rotatable bonds is 4. The quantitative estimate of drug-likeness (QED) is 0.699. The highest BCUT2D eigenvalue weighted by molar-refractivity contribution is 6.05. The van der Waals surface area contributed by atoms with Crippen molar-refractivity contribution in [2.75, 3.05) is 0 Å². The van der Waals surface area contributed by atoms with Crippen LogP contribution in [0.4, 0.5) is 4.79 Å². The van der Waals surface area contributed by atoms with Crippen LogP contribution in [0, 0.1) is 13.8 Å². The van der Waals surface area contributed by atoms with Gasteiger partial charge in [0, 0.05) is 11.9 Å². The second kappa shape index (κ2) is 5.71. The maximum atomic E-state index is 11.9. The number of aryl methyl sites for hydroxylation is 2. The first kappa shape index (κ1) is 15.0. The number of nitrogens with zero attached hydrogens (tertiary/aromatic N) is 2. The Hall–Kier alpha value is -2.90. The molecule has 8 heteroatoms. The molecule has 2 aromatic rings. The van der Waals surface area contributed by atoms with Crippen LogP contribution in [-0.4, -0.2) is 33.3 Å². The summed E-state index contributed by atoms with van der Waals surface area (Å²) in [6.45, 7) is 4.26. The average Bonchev–Trinajstić information content (AvgIpc) is 3.00. The third kappa shape index (κ3) is 3.15. The molecule has 0 aromatic carbocycles. The van der Waals surface area contributed by atoms with Crippen molar-refractivity contribution in [2.24, 2.45) is 0 Å². The van der Waals surface area contributed by atoms with Gasteiger partial charge in [-0.05, 0) is 31.5 Å². The largest absolute Gasteiger partial charge is 0.350 e. The predicted octanol–water partition coefficient (Wildman–Crippen LogP) is 0.165. The van der Waals surface area contributed by atoms with E-state index >= 15 is 0 Å². The van der Waals surface area contributed by atoms with Crippen LogP contribution in [0.15, 0.2) is 18.3 Å². The molecule has 4 amide bonds. The van der Waals surface area contributed by atoms with E-state index in [4.69, 9.17) is 0 Å². The molecule has 0 radical (unpaired) electrons. The number of hydrogen-bond donors (Lipinski definition) is 3. The van der Waals surface area contributed by atoms with E-state index in [0.717, 1.165) is 22.6 Å². The first-order valence-electron chi connectivity index (χ1n) is 7.25. The molecule has 0 spiro atoms. The maximum absolute atomic E-state index is 11.9. The molecule has 1 fully saturated rings. The lowest BCUT2D eigenvalue weighted by Crippen LogP contribution is -2.36. The summed E-state index contributed by atoms with van der Waals surface area (Å²) in [5, 5.41) is 7.19. The smallest absolute Gasteiger partial charge is 0.322 e. The summed E-state index contributed by atoms with van der Waals surface area (Å²) in [5.74, 6) is -0.804. The fourth-order valence-electron chi connectivity index (χ4n) is 2.61. The van der Waals surface area contributed by atoms with E-state index in [1.807, 2.05) is 30.5 Å². The zero-order valence-electron chi connectivity index (χ0n) is 12.8. The third-order valence-electron chi connectivity index (χ3n) is 3.67. The van der Waals surface area contributed by atoms with Crippen molar-refractivity contribution < 1.29 is 14.4 Å². The fraction of sp³-hybridized carbons (Fsp3) is 0.333. The van der Waals surface area contributed by atoms with Gasteiger partial charge in [0.05, 0.1) is 18.7 Å². The van der Waals surface area contributed by atoms with Crippen LogP contribution in [0.2, 0.25) is 0 Å². The minimum atomic E-state index is -0.812. The molecular formula is C15H17N5O3. The Kier molecular flexibility index (Phi) is 3.73. The SMILES string of the molecule is Cc1cc(C)n2cc(CNC(=O)C[C@@H]3NC(=O)NC3=O)nc2c1. The highest BCUT2D eigenvalue weighted by Crippen LogP contribution is 2.11. The molecule has 1 saturated heterocycles. The van der Waals surface area contributed by atoms with E-state index < -0.39 is 18.0 Å². The van der Waals surface area contributed by atoms with Gasteiger partial charge in [-0.25, -0.2) is 9.78 Å². The van der Waals surface area contributed by atoms with Crippen molar-refractivity contribution >= 4 is 23.5 Å².